The zero-order chi connectivity index (χ0) is 24.3. The van der Waals surface area contributed by atoms with Crippen molar-refractivity contribution >= 4 is 48.2 Å². The molecule has 4 unspecified atom stereocenters. The van der Waals surface area contributed by atoms with Gasteiger partial charge in [-0.3, -0.25) is 24.0 Å². The summed E-state index contributed by atoms with van der Waals surface area (Å²) in [6.07, 6.45) is -1.51. The maximum Gasteiger partial charge on any atom is 0.326 e. The molecule has 0 spiro atoms. The SMILES string of the molecule is CC(C)C(NC(=O)C(N)CS)C(=O)NC(CC(=O)O)C(=O)NC(CCC(N)=O)C(=O)O. The van der Waals surface area contributed by atoms with Crippen LogP contribution in [0, 0.1) is 5.92 Å². The lowest BCUT2D eigenvalue weighted by Gasteiger charge is -2.26. The molecule has 14 heteroatoms. The van der Waals surface area contributed by atoms with Crippen LogP contribution in [0.4, 0.5) is 0 Å². The lowest BCUT2D eigenvalue weighted by Crippen LogP contribution is -2.59. The Hall–Kier alpha value is -2.87. The molecule has 31 heavy (non-hydrogen) atoms. The highest BCUT2D eigenvalue weighted by atomic mass is 32.1. The molecule has 4 atom stereocenters. The number of carbonyl (C=O) groups is 6. The van der Waals surface area contributed by atoms with E-state index in [1.54, 1.807) is 13.8 Å². The third kappa shape index (κ3) is 10.6. The normalized spacial score (nSPS) is 14.6. The average molecular weight is 464 g/mol. The third-order valence-corrected chi connectivity index (χ3v) is 4.48. The van der Waals surface area contributed by atoms with Crippen molar-refractivity contribution in [3.8, 4) is 0 Å². The highest BCUT2D eigenvalue weighted by molar-refractivity contribution is 7.80. The summed E-state index contributed by atoms with van der Waals surface area (Å²) < 4.78 is 0. The molecule has 0 saturated heterocycles. The molecule has 0 rings (SSSR count). The van der Waals surface area contributed by atoms with E-state index in [1.807, 2.05) is 0 Å². The van der Waals surface area contributed by atoms with E-state index < -0.39 is 72.1 Å². The molecule has 0 radical (unpaired) electrons. The van der Waals surface area contributed by atoms with E-state index in [9.17, 15) is 33.9 Å². The average Bonchev–Trinajstić information content (AvgIpc) is 2.66. The van der Waals surface area contributed by atoms with Crippen LogP contribution in [0.2, 0.25) is 0 Å². The highest BCUT2D eigenvalue weighted by Gasteiger charge is 2.32. The van der Waals surface area contributed by atoms with E-state index in [2.05, 4.69) is 28.6 Å². The molecule has 0 saturated carbocycles. The largest absolute Gasteiger partial charge is 0.481 e. The molecular formula is C17H29N5O8S. The predicted molar refractivity (Wildman–Crippen MR) is 111 cm³/mol. The van der Waals surface area contributed by atoms with Crippen molar-refractivity contribution in [2.75, 3.05) is 5.75 Å². The fourth-order valence-electron chi connectivity index (χ4n) is 2.34. The summed E-state index contributed by atoms with van der Waals surface area (Å²) in [5.74, 6) is -6.74. The van der Waals surface area contributed by atoms with E-state index in [0.717, 1.165) is 0 Å². The van der Waals surface area contributed by atoms with Crippen molar-refractivity contribution in [2.45, 2.75) is 57.3 Å². The number of hydrogen-bond acceptors (Lipinski definition) is 8. The molecule has 0 aliphatic heterocycles. The first-order chi connectivity index (χ1) is 14.3. The van der Waals surface area contributed by atoms with Crippen LogP contribution in [-0.2, 0) is 28.8 Å². The van der Waals surface area contributed by atoms with E-state index in [-0.39, 0.29) is 18.6 Å². The summed E-state index contributed by atoms with van der Waals surface area (Å²) in [4.78, 5) is 70.4. The van der Waals surface area contributed by atoms with E-state index >= 15 is 0 Å². The Morgan fingerprint density at radius 3 is 1.87 bits per heavy atom. The Kier molecular flexibility index (Phi) is 12.2. The van der Waals surface area contributed by atoms with Crippen molar-refractivity contribution in [2.24, 2.45) is 17.4 Å². The molecule has 0 aromatic carbocycles. The van der Waals surface area contributed by atoms with Gasteiger partial charge in [0.25, 0.3) is 0 Å². The van der Waals surface area contributed by atoms with Crippen LogP contribution in [0.1, 0.15) is 33.1 Å². The quantitative estimate of drug-likeness (QED) is 0.124. The number of thiol groups is 1. The lowest BCUT2D eigenvalue weighted by atomic mass is 10.0. The minimum Gasteiger partial charge on any atom is -0.481 e. The molecule has 0 aromatic heterocycles. The zero-order valence-electron chi connectivity index (χ0n) is 17.2. The fraction of sp³-hybridized carbons (Fsp3) is 0.647. The second kappa shape index (κ2) is 13.4. The van der Waals surface area contributed by atoms with Gasteiger partial charge in [0.05, 0.1) is 12.5 Å². The van der Waals surface area contributed by atoms with Crippen molar-refractivity contribution in [3.05, 3.63) is 0 Å². The molecule has 4 amide bonds. The Labute approximate surface area is 184 Å². The summed E-state index contributed by atoms with van der Waals surface area (Å²) in [5.41, 5.74) is 10.5. The number of amides is 4. The predicted octanol–water partition coefficient (Wildman–Crippen LogP) is -2.82. The number of primary amides is 1. The van der Waals surface area contributed by atoms with Gasteiger partial charge in [0.15, 0.2) is 0 Å². The van der Waals surface area contributed by atoms with Crippen LogP contribution in [-0.4, -0.2) is 75.7 Å². The number of nitrogens with one attached hydrogen (secondary N) is 3. The number of carboxylic acids is 2. The van der Waals surface area contributed by atoms with Gasteiger partial charge >= 0.3 is 11.9 Å². The smallest absolute Gasteiger partial charge is 0.326 e. The maximum atomic E-state index is 12.6. The summed E-state index contributed by atoms with van der Waals surface area (Å²) in [6.45, 7) is 3.21. The van der Waals surface area contributed by atoms with Gasteiger partial charge < -0.3 is 37.6 Å². The summed E-state index contributed by atoms with van der Waals surface area (Å²) >= 11 is 3.90. The van der Waals surface area contributed by atoms with Crippen LogP contribution in [0.5, 0.6) is 0 Å². The zero-order valence-corrected chi connectivity index (χ0v) is 18.1. The molecule has 0 aliphatic carbocycles. The van der Waals surface area contributed by atoms with Crippen LogP contribution in [0.3, 0.4) is 0 Å². The number of nitrogens with two attached hydrogens (primary N) is 2. The lowest BCUT2D eigenvalue weighted by molar-refractivity contribution is -0.144. The van der Waals surface area contributed by atoms with Gasteiger partial charge in [0.2, 0.25) is 23.6 Å². The molecule has 0 bridgehead atoms. The van der Waals surface area contributed by atoms with Gasteiger partial charge in [-0.25, -0.2) is 4.79 Å². The molecule has 176 valence electrons. The van der Waals surface area contributed by atoms with Crippen molar-refractivity contribution in [1.82, 2.24) is 16.0 Å². The van der Waals surface area contributed by atoms with Crippen LogP contribution in [0.15, 0.2) is 0 Å². The monoisotopic (exact) mass is 463 g/mol. The van der Waals surface area contributed by atoms with Crippen LogP contribution >= 0.6 is 12.6 Å². The molecule has 0 fully saturated rings. The van der Waals surface area contributed by atoms with Crippen molar-refractivity contribution < 1.29 is 39.0 Å². The van der Waals surface area contributed by atoms with Gasteiger partial charge in [-0.05, 0) is 12.3 Å². The summed E-state index contributed by atoms with van der Waals surface area (Å²) in [5, 5.41) is 24.9. The molecule has 0 aromatic rings. The van der Waals surface area contributed by atoms with Gasteiger partial charge in [-0.1, -0.05) is 13.8 Å². The summed E-state index contributed by atoms with van der Waals surface area (Å²) in [6, 6.07) is -5.30. The van der Waals surface area contributed by atoms with Crippen molar-refractivity contribution in [1.29, 1.82) is 0 Å². The van der Waals surface area contributed by atoms with Gasteiger partial charge in [-0.2, -0.15) is 12.6 Å². The number of hydrogen-bond donors (Lipinski definition) is 8. The Bertz CT molecular complexity index is 702. The Balaban J connectivity index is 5.43. The fourth-order valence-corrected chi connectivity index (χ4v) is 2.51. The number of aliphatic carboxylic acids is 2. The Morgan fingerprint density at radius 2 is 1.45 bits per heavy atom. The van der Waals surface area contributed by atoms with Gasteiger partial charge in [-0.15, -0.1) is 0 Å². The van der Waals surface area contributed by atoms with Gasteiger partial charge in [0, 0.05) is 12.2 Å². The second-order valence-corrected chi connectivity index (χ2v) is 7.45. The molecule has 13 nitrogen and oxygen atoms in total. The highest BCUT2D eigenvalue weighted by Crippen LogP contribution is 2.06. The third-order valence-electron chi connectivity index (χ3n) is 4.09. The number of carbonyl (C=O) groups excluding carboxylic acids is 4. The molecule has 0 heterocycles. The second-order valence-electron chi connectivity index (χ2n) is 7.08. The first-order valence-electron chi connectivity index (χ1n) is 9.30. The first-order valence-corrected chi connectivity index (χ1v) is 9.93. The summed E-state index contributed by atoms with van der Waals surface area (Å²) in [7, 11) is 0. The number of carboxylic acid groups (broad SMARTS) is 2. The first kappa shape index (κ1) is 28.1. The Morgan fingerprint density at radius 1 is 0.903 bits per heavy atom. The number of rotatable bonds is 14. The van der Waals surface area contributed by atoms with Crippen LogP contribution in [0.25, 0.3) is 0 Å². The van der Waals surface area contributed by atoms with Crippen LogP contribution < -0.4 is 27.4 Å². The van der Waals surface area contributed by atoms with Gasteiger partial charge in [0.1, 0.15) is 18.1 Å². The topological polar surface area (TPSA) is 231 Å². The molecule has 0 aliphatic rings. The maximum absolute atomic E-state index is 12.6. The van der Waals surface area contributed by atoms with Crippen molar-refractivity contribution in [3.63, 3.8) is 0 Å². The minimum atomic E-state index is -1.64. The van der Waals surface area contributed by atoms with E-state index in [1.165, 1.54) is 0 Å². The molecular weight excluding hydrogens is 434 g/mol. The van der Waals surface area contributed by atoms with E-state index in [4.69, 9.17) is 16.6 Å². The standard InChI is InChI=1S/C17H29N5O8S/c1-7(2)13(22-14(26)8(18)6-31)16(28)21-10(5-12(24)25)15(27)20-9(17(29)30)3-4-11(19)23/h7-10,13,31H,3-6,18H2,1-2H3,(H2,19,23)(H,20,27)(H,21,28)(H,22,26)(H,24,25)(H,29,30). The minimum absolute atomic E-state index is 0.0180. The van der Waals surface area contributed by atoms with E-state index in [0.29, 0.717) is 0 Å². The molecule has 9 N–H and O–H groups in total.